The number of nitrogens with two attached hydrogens (primary N) is 1. The highest BCUT2D eigenvalue weighted by atomic mass is 35.5. The van der Waals surface area contributed by atoms with Crippen LogP contribution >= 0.6 is 23.8 Å². The Morgan fingerprint density at radius 3 is 2.42 bits per heavy atom. The zero-order chi connectivity index (χ0) is 17.6. The molecule has 1 aromatic rings. The second-order valence-electron chi connectivity index (χ2n) is 6.40. The molecule has 0 unspecified atom stereocenters. The van der Waals surface area contributed by atoms with Gasteiger partial charge >= 0.3 is 0 Å². The fourth-order valence-electron chi connectivity index (χ4n) is 3.08. The molecule has 3 N–H and O–H groups in total. The van der Waals surface area contributed by atoms with Crippen LogP contribution in [0.5, 0.6) is 5.75 Å². The minimum Gasteiger partial charge on any atom is -0.491 e. The quantitative estimate of drug-likeness (QED) is 0.690. The summed E-state index contributed by atoms with van der Waals surface area (Å²) in [4.78, 5) is 0.537. The van der Waals surface area contributed by atoms with E-state index >= 15 is 0 Å². The molecule has 0 atom stereocenters. The Labute approximate surface area is 154 Å². The van der Waals surface area contributed by atoms with Gasteiger partial charge in [-0.3, -0.25) is 0 Å². The zero-order valence-electron chi connectivity index (χ0n) is 14.2. The van der Waals surface area contributed by atoms with Gasteiger partial charge in [0, 0.05) is 0 Å². The van der Waals surface area contributed by atoms with E-state index in [-0.39, 0.29) is 10.8 Å². The summed E-state index contributed by atoms with van der Waals surface area (Å²) < 4.78 is 19.5. The number of nitrogens with one attached hydrogen (secondary N) is 1. The molecule has 0 amide bonds. The molecule has 1 saturated carbocycles. The van der Waals surface area contributed by atoms with Gasteiger partial charge < -0.3 is 15.8 Å². The molecule has 0 spiro atoms. The Hall–Kier alpha value is -0.910. The van der Waals surface area contributed by atoms with E-state index in [1.54, 1.807) is 19.1 Å². The fourth-order valence-corrected chi connectivity index (χ4v) is 3.60. The number of anilines is 1. The maximum absolute atomic E-state index is 14.2. The lowest BCUT2D eigenvalue weighted by atomic mass is 9.88. The van der Waals surface area contributed by atoms with E-state index in [1.165, 1.54) is 25.7 Å². The van der Waals surface area contributed by atoms with Crippen LogP contribution in [0, 0.1) is 5.82 Å². The molecule has 1 fully saturated rings. The molecule has 24 heavy (non-hydrogen) atoms. The van der Waals surface area contributed by atoms with E-state index in [4.69, 9.17) is 34.3 Å². The van der Waals surface area contributed by atoms with Gasteiger partial charge in [-0.05, 0) is 31.9 Å². The van der Waals surface area contributed by atoms with Gasteiger partial charge in [0.05, 0.1) is 22.8 Å². The van der Waals surface area contributed by atoms with Crippen molar-refractivity contribution in [2.24, 2.45) is 5.73 Å². The minimum absolute atomic E-state index is 0.0185. The van der Waals surface area contributed by atoms with Crippen LogP contribution in [-0.4, -0.2) is 17.1 Å². The molecule has 1 aromatic carbocycles. The Bertz CT molecular complexity index is 572. The summed E-state index contributed by atoms with van der Waals surface area (Å²) in [6.45, 7) is 2.17. The summed E-state index contributed by atoms with van der Waals surface area (Å²) >= 11 is 11.7. The third-order valence-corrected chi connectivity index (χ3v) is 5.42. The molecular formula is C18H26ClFN2OS. The summed E-state index contributed by atoms with van der Waals surface area (Å²) in [5, 5.41) is 3.06. The Kier molecular flexibility index (Phi) is 7.26. The molecule has 0 heterocycles. The van der Waals surface area contributed by atoms with E-state index in [0.29, 0.717) is 17.3 Å². The summed E-state index contributed by atoms with van der Waals surface area (Å²) in [5.74, 6) is -0.435. The smallest absolute Gasteiger partial charge is 0.185 e. The van der Waals surface area contributed by atoms with Crippen molar-refractivity contribution in [2.75, 3.05) is 11.9 Å². The van der Waals surface area contributed by atoms with Crippen LogP contribution < -0.4 is 15.8 Å². The molecule has 0 aliphatic heterocycles. The highest BCUT2D eigenvalue weighted by Crippen LogP contribution is 2.33. The van der Waals surface area contributed by atoms with Gasteiger partial charge in [-0.15, -0.1) is 0 Å². The van der Waals surface area contributed by atoms with Crippen LogP contribution in [0.2, 0.25) is 5.02 Å². The molecule has 0 saturated heterocycles. The van der Waals surface area contributed by atoms with Gasteiger partial charge in [0.15, 0.2) is 11.6 Å². The third kappa shape index (κ3) is 4.80. The number of hydrogen-bond donors (Lipinski definition) is 2. The average Bonchev–Trinajstić information content (AvgIpc) is 2.67. The lowest BCUT2D eigenvalue weighted by Gasteiger charge is -2.31. The van der Waals surface area contributed by atoms with Crippen molar-refractivity contribution in [2.45, 2.75) is 63.8 Å². The van der Waals surface area contributed by atoms with Crippen LogP contribution in [0.1, 0.15) is 58.3 Å². The normalized spacial score (nSPS) is 18.2. The summed E-state index contributed by atoms with van der Waals surface area (Å²) in [6, 6.07) is 3.24. The van der Waals surface area contributed by atoms with E-state index in [1.807, 2.05) is 0 Å². The predicted octanol–water partition coefficient (Wildman–Crippen LogP) is 5.45. The molecule has 2 rings (SSSR count). The van der Waals surface area contributed by atoms with Crippen LogP contribution in [0.15, 0.2) is 12.1 Å². The standard InChI is InChI=1S/C18H26ClFN2OS/c1-2-23-14-10-9-13(15(19)16(14)20)22-17(24)18(21)11-7-5-3-4-6-8-12-18/h9-10H,2-8,11-12,21H2,1H3,(H,22,24). The largest absolute Gasteiger partial charge is 0.491 e. The topological polar surface area (TPSA) is 47.3 Å². The van der Waals surface area contributed by atoms with Gasteiger partial charge in [-0.25, -0.2) is 4.39 Å². The van der Waals surface area contributed by atoms with E-state index in [9.17, 15) is 4.39 Å². The van der Waals surface area contributed by atoms with Crippen molar-refractivity contribution in [3.63, 3.8) is 0 Å². The van der Waals surface area contributed by atoms with Crippen LogP contribution in [0.4, 0.5) is 10.1 Å². The SMILES string of the molecule is CCOc1ccc(NC(=S)C2(N)CCCCCCCC2)c(Cl)c1F. The zero-order valence-corrected chi connectivity index (χ0v) is 15.7. The molecule has 3 nitrogen and oxygen atoms in total. The van der Waals surface area contributed by atoms with Crippen LogP contribution in [0.25, 0.3) is 0 Å². The molecule has 1 aliphatic carbocycles. The van der Waals surface area contributed by atoms with Gasteiger partial charge in [-0.1, -0.05) is 62.3 Å². The lowest BCUT2D eigenvalue weighted by Crippen LogP contribution is -2.50. The number of thiocarbonyl (C=S) groups is 1. The van der Waals surface area contributed by atoms with Crippen LogP contribution in [-0.2, 0) is 0 Å². The maximum atomic E-state index is 14.2. The number of hydrogen-bond acceptors (Lipinski definition) is 3. The number of benzene rings is 1. The van der Waals surface area contributed by atoms with Gasteiger partial charge in [0.1, 0.15) is 5.02 Å². The first kappa shape index (κ1) is 19.4. The Morgan fingerprint density at radius 2 is 1.83 bits per heavy atom. The summed E-state index contributed by atoms with van der Waals surface area (Å²) in [6.07, 6.45) is 8.68. The molecule has 6 heteroatoms. The number of halogens is 2. The monoisotopic (exact) mass is 372 g/mol. The molecule has 0 aromatic heterocycles. The summed E-state index contributed by atoms with van der Waals surface area (Å²) in [5.41, 5.74) is 6.47. The predicted molar refractivity (Wildman–Crippen MR) is 103 cm³/mol. The maximum Gasteiger partial charge on any atom is 0.185 e. The van der Waals surface area contributed by atoms with Gasteiger partial charge in [0.2, 0.25) is 0 Å². The highest BCUT2D eigenvalue weighted by molar-refractivity contribution is 7.80. The Balaban J connectivity index is 2.13. The van der Waals surface area contributed by atoms with Gasteiger partial charge in [-0.2, -0.15) is 0 Å². The first-order valence-corrected chi connectivity index (χ1v) is 9.47. The van der Waals surface area contributed by atoms with E-state index in [2.05, 4.69) is 5.32 Å². The molecule has 0 bridgehead atoms. The third-order valence-electron chi connectivity index (χ3n) is 4.54. The molecule has 134 valence electrons. The first-order valence-electron chi connectivity index (χ1n) is 8.69. The van der Waals surface area contributed by atoms with Crippen molar-refractivity contribution < 1.29 is 9.13 Å². The lowest BCUT2D eigenvalue weighted by molar-refractivity contribution is 0.322. The van der Waals surface area contributed by atoms with Crippen molar-refractivity contribution in [3.8, 4) is 5.75 Å². The van der Waals surface area contributed by atoms with Crippen molar-refractivity contribution in [1.29, 1.82) is 0 Å². The van der Waals surface area contributed by atoms with Crippen molar-refractivity contribution in [1.82, 2.24) is 0 Å². The van der Waals surface area contributed by atoms with E-state index < -0.39 is 11.4 Å². The Morgan fingerprint density at radius 1 is 1.25 bits per heavy atom. The first-order chi connectivity index (χ1) is 11.5. The fraction of sp³-hybridized carbons (Fsp3) is 0.611. The molecule has 0 radical (unpaired) electrons. The number of ether oxygens (including phenoxy) is 1. The minimum atomic E-state index is -0.577. The summed E-state index contributed by atoms with van der Waals surface area (Å²) in [7, 11) is 0. The molecular weight excluding hydrogens is 347 g/mol. The molecule has 1 aliphatic rings. The average molecular weight is 373 g/mol. The highest BCUT2D eigenvalue weighted by Gasteiger charge is 2.30. The van der Waals surface area contributed by atoms with Gasteiger partial charge in [0.25, 0.3) is 0 Å². The second-order valence-corrected chi connectivity index (χ2v) is 7.19. The number of rotatable bonds is 4. The van der Waals surface area contributed by atoms with Crippen LogP contribution in [0.3, 0.4) is 0 Å². The van der Waals surface area contributed by atoms with Crippen molar-refractivity contribution in [3.05, 3.63) is 23.0 Å². The second kappa shape index (κ2) is 8.97. The van der Waals surface area contributed by atoms with Crippen molar-refractivity contribution >= 4 is 34.5 Å². The van der Waals surface area contributed by atoms with E-state index in [0.717, 1.165) is 25.7 Å².